The summed E-state index contributed by atoms with van der Waals surface area (Å²) in [5.74, 6) is 0.948. The molecular formula is C14H14N2O. The summed E-state index contributed by atoms with van der Waals surface area (Å²) in [5.41, 5.74) is 1.84. The summed E-state index contributed by atoms with van der Waals surface area (Å²) in [7, 11) is 2.03. The fourth-order valence-electron chi connectivity index (χ4n) is 1.78. The average Bonchev–Trinajstić information content (AvgIpc) is 2.82. The molecule has 86 valence electrons. The van der Waals surface area contributed by atoms with Crippen molar-refractivity contribution in [3.63, 3.8) is 0 Å². The van der Waals surface area contributed by atoms with Crippen molar-refractivity contribution in [3.8, 4) is 6.07 Å². The van der Waals surface area contributed by atoms with Gasteiger partial charge in [-0.2, -0.15) is 5.26 Å². The van der Waals surface area contributed by atoms with Gasteiger partial charge in [0.1, 0.15) is 5.76 Å². The van der Waals surface area contributed by atoms with Gasteiger partial charge in [-0.25, -0.2) is 0 Å². The first-order chi connectivity index (χ1) is 8.28. The van der Waals surface area contributed by atoms with Crippen LogP contribution in [0.25, 0.3) is 0 Å². The van der Waals surface area contributed by atoms with Crippen LogP contribution >= 0.6 is 0 Å². The van der Waals surface area contributed by atoms with Crippen LogP contribution in [0.4, 0.5) is 0 Å². The highest BCUT2D eigenvalue weighted by molar-refractivity contribution is 5.32. The van der Waals surface area contributed by atoms with Crippen LogP contribution in [-0.4, -0.2) is 11.9 Å². The zero-order valence-electron chi connectivity index (χ0n) is 9.76. The van der Waals surface area contributed by atoms with Gasteiger partial charge in [-0.15, -0.1) is 0 Å². The van der Waals surface area contributed by atoms with E-state index in [0.717, 1.165) is 24.4 Å². The minimum Gasteiger partial charge on any atom is -0.468 e. The summed E-state index contributed by atoms with van der Waals surface area (Å²) in [6.07, 6.45) is 1.68. The monoisotopic (exact) mass is 226 g/mol. The van der Waals surface area contributed by atoms with Crippen molar-refractivity contribution in [3.05, 3.63) is 59.5 Å². The molecule has 1 heterocycles. The molecule has 0 aliphatic heterocycles. The van der Waals surface area contributed by atoms with Crippen LogP contribution < -0.4 is 0 Å². The molecule has 0 unspecified atom stereocenters. The Balaban J connectivity index is 1.98. The molecule has 0 fully saturated rings. The summed E-state index contributed by atoms with van der Waals surface area (Å²) < 4.78 is 5.29. The van der Waals surface area contributed by atoms with Gasteiger partial charge in [0.25, 0.3) is 0 Å². The Labute approximate surface area is 101 Å². The van der Waals surface area contributed by atoms with E-state index >= 15 is 0 Å². The molecule has 3 nitrogen and oxygen atoms in total. The Morgan fingerprint density at radius 2 is 2.12 bits per heavy atom. The minimum absolute atomic E-state index is 0.703. The van der Waals surface area contributed by atoms with E-state index in [1.54, 1.807) is 6.26 Å². The third-order valence-electron chi connectivity index (χ3n) is 2.51. The third kappa shape index (κ3) is 3.20. The standard InChI is InChI=1S/C14H14N2O/c1-16(11-14-6-3-7-17-14)10-13-5-2-4-12(8-13)9-15/h2-8H,10-11H2,1H3. The molecule has 1 aromatic carbocycles. The van der Waals surface area contributed by atoms with Gasteiger partial charge in [0.05, 0.1) is 24.4 Å². The van der Waals surface area contributed by atoms with Gasteiger partial charge >= 0.3 is 0 Å². The molecule has 0 radical (unpaired) electrons. The van der Waals surface area contributed by atoms with E-state index in [1.165, 1.54) is 0 Å². The second kappa shape index (κ2) is 5.33. The number of hydrogen-bond donors (Lipinski definition) is 0. The fraction of sp³-hybridized carbons (Fsp3) is 0.214. The minimum atomic E-state index is 0.703. The molecule has 2 aromatic rings. The summed E-state index contributed by atoms with van der Waals surface area (Å²) >= 11 is 0. The van der Waals surface area contributed by atoms with Gasteiger partial charge in [-0.05, 0) is 36.9 Å². The Morgan fingerprint density at radius 1 is 1.24 bits per heavy atom. The molecule has 0 aliphatic rings. The van der Waals surface area contributed by atoms with Crippen LogP contribution in [0.3, 0.4) is 0 Å². The van der Waals surface area contributed by atoms with Crippen molar-refractivity contribution >= 4 is 0 Å². The van der Waals surface area contributed by atoms with Gasteiger partial charge in [0, 0.05) is 6.54 Å². The third-order valence-corrected chi connectivity index (χ3v) is 2.51. The second-order valence-corrected chi connectivity index (χ2v) is 4.06. The number of nitrogens with zero attached hydrogens (tertiary/aromatic N) is 2. The first-order valence-corrected chi connectivity index (χ1v) is 5.48. The zero-order chi connectivity index (χ0) is 12.1. The van der Waals surface area contributed by atoms with Gasteiger partial charge in [0.15, 0.2) is 0 Å². The van der Waals surface area contributed by atoms with Crippen LogP contribution in [0.5, 0.6) is 0 Å². The topological polar surface area (TPSA) is 40.2 Å². The number of benzene rings is 1. The van der Waals surface area contributed by atoms with E-state index in [2.05, 4.69) is 11.0 Å². The zero-order valence-corrected chi connectivity index (χ0v) is 9.76. The van der Waals surface area contributed by atoms with Crippen LogP contribution in [0, 0.1) is 11.3 Å². The second-order valence-electron chi connectivity index (χ2n) is 4.06. The van der Waals surface area contributed by atoms with Crippen LogP contribution in [0.15, 0.2) is 47.1 Å². The van der Waals surface area contributed by atoms with Gasteiger partial charge in [-0.1, -0.05) is 12.1 Å². The quantitative estimate of drug-likeness (QED) is 0.804. The largest absolute Gasteiger partial charge is 0.468 e. The molecule has 3 heteroatoms. The van der Waals surface area contributed by atoms with E-state index in [-0.39, 0.29) is 0 Å². The van der Waals surface area contributed by atoms with E-state index in [0.29, 0.717) is 5.56 Å². The predicted molar refractivity (Wildman–Crippen MR) is 65.0 cm³/mol. The molecule has 0 bridgehead atoms. The van der Waals surface area contributed by atoms with E-state index in [4.69, 9.17) is 9.68 Å². The van der Waals surface area contributed by atoms with E-state index in [1.807, 2.05) is 43.4 Å². The van der Waals surface area contributed by atoms with Crippen molar-refractivity contribution in [2.24, 2.45) is 0 Å². The molecule has 0 aliphatic carbocycles. The Bertz CT molecular complexity index is 511. The molecule has 0 atom stereocenters. The van der Waals surface area contributed by atoms with E-state index < -0.39 is 0 Å². The smallest absolute Gasteiger partial charge is 0.117 e. The maximum atomic E-state index is 8.82. The van der Waals surface area contributed by atoms with Crippen molar-refractivity contribution in [2.45, 2.75) is 13.1 Å². The fourth-order valence-corrected chi connectivity index (χ4v) is 1.78. The maximum absolute atomic E-state index is 8.82. The normalized spacial score (nSPS) is 10.4. The summed E-state index contributed by atoms with van der Waals surface area (Å²) in [5, 5.41) is 8.82. The number of nitriles is 1. The first kappa shape index (κ1) is 11.4. The summed E-state index contributed by atoms with van der Waals surface area (Å²) in [6.45, 7) is 1.57. The van der Waals surface area contributed by atoms with E-state index in [9.17, 15) is 0 Å². The van der Waals surface area contributed by atoms with Crippen molar-refractivity contribution < 1.29 is 4.42 Å². The Kier molecular flexibility index (Phi) is 3.59. The molecule has 0 N–H and O–H groups in total. The van der Waals surface area contributed by atoms with Crippen LogP contribution in [0.2, 0.25) is 0 Å². The highest BCUT2D eigenvalue weighted by Gasteiger charge is 2.04. The molecular weight excluding hydrogens is 212 g/mol. The van der Waals surface area contributed by atoms with Gasteiger partial charge in [-0.3, -0.25) is 4.90 Å². The van der Waals surface area contributed by atoms with Crippen molar-refractivity contribution in [1.82, 2.24) is 4.90 Å². The maximum Gasteiger partial charge on any atom is 0.117 e. The Hall–Kier alpha value is -2.05. The summed E-state index contributed by atoms with van der Waals surface area (Å²) in [6, 6.07) is 13.7. The molecule has 0 spiro atoms. The highest BCUT2D eigenvalue weighted by Crippen LogP contribution is 2.10. The molecule has 2 rings (SSSR count). The predicted octanol–water partition coefficient (Wildman–Crippen LogP) is 2.78. The summed E-state index contributed by atoms with van der Waals surface area (Å²) in [4.78, 5) is 2.15. The lowest BCUT2D eigenvalue weighted by atomic mass is 10.1. The molecule has 0 amide bonds. The first-order valence-electron chi connectivity index (χ1n) is 5.48. The SMILES string of the molecule is CN(Cc1cccc(C#N)c1)Cc1ccco1. The Morgan fingerprint density at radius 3 is 2.82 bits per heavy atom. The lowest BCUT2D eigenvalue weighted by molar-refractivity contribution is 0.288. The molecule has 0 saturated heterocycles. The van der Waals surface area contributed by atoms with Gasteiger partial charge < -0.3 is 4.42 Å². The number of rotatable bonds is 4. The molecule has 17 heavy (non-hydrogen) atoms. The van der Waals surface area contributed by atoms with Crippen molar-refractivity contribution in [2.75, 3.05) is 7.05 Å². The van der Waals surface area contributed by atoms with Gasteiger partial charge in [0.2, 0.25) is 0 Å². The lowest BCUT2D eigenvalue weighted by Crippen LogP contribution is -2.16. The molecule has 1 aromatic heterocycles. The lowest BCUT2D eigenvalue weighted by Gasteiger charge is -2.15. The number of furan rings is 1. The molecule has 0 saturated carbocycles. The average molecular weight is 226 g/mol. The van der Waals surface area contributed by atoms with Crippen LogP contribution in [-0.2, 0) is 13.1 Å². The van der Waals surface area contributed by atoms with Crippen molar-refractivity contribution in [1.29, 1.82) is 5.26 Å². The highest BCUT2D eigenvalue weighted by atomic mass is 16.3. The number of hydrogen-bond acceptors (Lipinski definition) is 3. The van der Waals surface area contributed by atoms with Crippen LogP contribution in [0.1, 0.15) is 16.9 Å².